The number of nitrogens with zero attached hydrogens (tertiary/aromatic N) is 3. The van der Waals surface area contributed by atoms with Crippen LogP contribution in [0.4, 0.5) is 0 Å². The molecule has 0 radical (unpaired) electrons. The quantitative estimate of drug-likeness (QED) is 0.807. The van der Waals surface area contributed by atoms with Crippen LogP contribution in [0.3, 0.4) is 0 Å². The van der Waals surface area contributed by atoms with Crippen molar-refractivity contribution < 1.29 is 0 Å². The maximum atomic E-state index is 4.37. The van der Waals surface area contributed by atoms with Gasteiger partial charge in [0.2, 0.25) is 0 Å². The Balaban J connectivity index is 2.06. The molecule has 0 N–H and O–H groups in total. The molecule has 0 amide bonds. The van der Waals surface area contributed by atoms with Crippen LogP contribution in [0.15, 0.2) is 30.6 Å². The number of fused-ring (bicyclic) bond motifs is 1. The highest BCUT2D eigenvalue weighted by Crippen LogP contribution is 2.36. The van der Waals surface area contributed by atoms with Crippen molar-refractivity contribution in [3.05, 3.63) is 47.5 Å². The Hall–Kier alpha value is -1.64. The molecule has 1 aliphatic rings. The van der Waals surface area contributed by atoms with E-state index in [4.69, 9.17) is 0 Å². The largest absolute Gasteiger partial charge is 0.315 e. The molecule has 0 bridgehead atoms. The van der Waals surface area contributed by atoms with Crippen LogP contribution in [0.1, 0.15) is 55.6 Å². The highest BCUT2D eigenvalue weighted by Gasteiger charge is 2.25. The highest BCUT2D eigenvalue weighted by molar-refractivity contribution is 5.36. The van der Waals surface area contributed by atoms with Gasteiger partial charge in [0.15, 0.2) is 0 Å². The zero-order valence-electron chi connectivity index (χ0n) is 11.0. The van der Waals surface area contributed by atoms with Gasteiger partial charge in [-0.1, -0.05) is 24.3 Å². The summed E-state index contributed by atoms with van der Waals surface area (Å²) in [6.45, 7) is 4.36. The second-order valence-electron chi connectivity index (χ2n) is 5.33. The summed E-state index contributed by atoms with van der Waals surface area (Å²) in [7, 11) is 0. The topological polar surface area (TPSA) is 30.7 Å². The summed E-state index contributed by atoms with van der Waals surface area (Å²) >= 11 is 0. The summed E-state index contributed by atoms with van der Waals surface area (Å²) in [5.74, 6) is 1.54. The lowest BCUT2D eigenvalue weighted by Crippen LogP contribution is -2.16. The van der Waals surface area contributed by atoms with Gasteiger partial charge >= 0.3 is 0 Å². The number of benzene rings is 1. The van der Waals surface area contributed by atoms with Crippen LogP contribution in [-0.4, -0.2) is 14.8 Å². The summed E-state index contributed by atoms with van der Waals surface area (Å²) in [5.41, 5.74) is 2.92. The van der Waals surface area contributed by atoms with Crippen molar-refractivity contribution in [1.29, 1.82) is 0 Å². The van der Waals surface area contributed by atoms with Crippen LogP contribution < -0.4 is 0 Å². The highest BCUT2D eigenvalue weighted by atomic mass is 15.3. The average Bonchev–Trinajstić information content (AvgIpc) is 2.87. The fraction of sp³-hybridized carbons (Fsp3) is 0.467. The van der Waals surface area contributed by atoms with E-state index in [9.17, 15) is 0 Å². The van der Waals surface area contributed by atoms with E-state index in [2.05, 4.69) is 52.9 Å². The van der Waals surface area contributed by atoms with Gasteiger partial charge in [-0.25, -0.2) is 0 Å². The van der Waals surface area contributed by atoms with Gasteiger partial charge in [0.25, 0.3) is 0 Å². The van der Waals surface area contributed by atoms with Crippen molar-refractivity contribution in [3.8, 4) is 0 Å². The van der Waals surface area contributed by atoms with Crippen LogP contribution in [0.25, 0.3) is 0 Å². The van der Waals surface area contributed by atoms with Gasteiger partial charge in [0.1, 0.15) is 12.2 Å². The lowest BCUT2D eigenvalue weighted by atomic mass is 9.82. The summed E-state index contributed by atoms with van der Waals surface area (Å²) in [6.07, 6.45) is 5.48. The summed E-state index contributed by atoms with van der Waals surface area (Å²) < 4.78 is 2.20. The van der Waals surface area contributed by atoms with E-state index >= 15 is 0 Å². The van der Waals surface area contributed by atoms with E-state index in [1.807, 2.05) is 6.33 Å². The molecule has 1 unspecified atom stereocenters. The van der Waals surface area contributed by atoms with Crippen molar-refractivity contribution >= 4 is 0 Å². The maximum absolute atomic E-state index is 4.37. The Morgan fingerprint density at radius 3 is 2.94 bits per heavy atom. The van der Waals surface area contributed by atoms with Crippen molar-refractivity contribution in [1.82, 2.24) is 14.8 Å². The number of rotatable bonds is 2. The van der Waals surface area contributed by atoms with Gasteiger partial charge in [-0.15, -0.1) is 10.2 Å². The summed E-state index contributed by atoms with van der Waals surface area (Å²) in [5, 5.41) is 8.48. The smallest absolute Gasteiger partial charge is 0.140 e. The Kier molecular flexibility index (Phi) is 2.90. The van der Waals surface area contributed by atoms with Gasteiger partial charge < -0.3 is 4.57 Å². The van der Waals surface area contributed by atoms with E-state index in [0.29, 0.717) is 12.0 Å². The Morgan fingerprint density at radius 1 is 1.28 bits per heavy atom. The molecule has 3 nitrogen and oxygen atoms in total. The molecule has 0 fully saturated rings. The first-order chi connectivity index (χ1) is 8.77. The number of hydrogen-bond donors (Lipinski definition) is 0. The van der Waals surface area contributed by atoms with E-state index in [0.717, 1.165) is 5.82 Å². The monoisotopic (exact) mass is 241 g/mol. The number of aromatic nitrogens is 3. The van der Waals surface area contributed by atoms with Crippen LogP contribution in [0, 0.1) is 0 Å². The standard InChI is InChI=1S/C15H19N3/c1-11(2)18-10-16-17-15(18)14-9-5-7-12-6-3-4-8-13(12)14/h3-4,6,8,10-11,14H,5,7,9H2,1-2H3. The van der Waals surface area contributed by atoms with E-state index in [1.165, 1.54) is 30.4 Å². The normalized spacial score (nSPS) is 18.9. The molecule has 1 aromatic heterocycles. The molecule has 0 aliphatic heterocycles. The molecule has 0 spiro atoms. The van der Waals surface area contributed by atoms with Crippen LogP contribution in [0.5, 0.6) is 0 Å². The summed E-state index contributed by atoms with van der Waals surface area (Å²) in [6, 6.07) is 9.18. The van der Waals surface area contributed by atoms with Gasteiger partial charge in [-0.05, 0) is 44.2 Å². The van der Waals surface area contributed by atoms with Crippen molar-refractivity contribution in [2.24, 2.45) is 0 Å². The van der Waals surface area contributed by atoms with Crippen molar-refractivity contribution in [2.75, 3.05) is 0 Å². The molecule has 0 saturated heterocycles. The first-order valence-electron chi connectivity index (χ1n) is 6.74. The molecule has 1 aromatic carbocycles. The Labute approximate surface area is 108 Å². The van der Waals surface area contributed by atoms with Gasteiger partial charge in [-0.3, -0.25) is 0 Å². The molecule has 2 aromatic rings. The first-order valence-corrected chi connectivity index (χ1v) is 6.74. The van der Waals surface area contributed by atoms with Crippen molar-refractivity contribution in [3.63, 3.8) is 0 Å². The Bertz CT molecular complexity index is 542. The van der Waals surface area contributed by atoms with E-state index < -0.39 is 0 Å². The predicted octanol–water partition coefficient (Wildman–Crippen LogP) is 3.33. The van der Waals surface area contributed by atoms with E-state index in [1.54, 1.807) is 0 Å². The second kappa shape index (κ2) is 4.56. The first kappa shape index (κ1) is 11.5. The molecule has 1 aliphatic carbocycles. The lowest BCUT2D eigenvalue weighted by Gasteiger charge is -2.26. The minimum Gasteiger partial charge on any atom is -0.315 e. The molecule has 3 heteroatoms. The summed E-state index contributed by atoms with van der Waals surface area (Å²) in [4.78, 5) is 0. The van der Waals surface area contributed by atoms with Crippen LogP contribution in [0.2, 0.25) is 0 Å². The van der Waals surface area contributed by atoms with E-state index in [-0.39, 0.29) is 0 Å². The average molecular weight is 241 g/mol. The predicted molar refractivity (Wildman–Crippen MR) is 71.6 cm³/mol. The number of aryl methyl sites for hydroxylation is 1. The fourth-order valence-electron chi connectivity index (χ4n) is 2.92. The van der Waals surface area contributed by atoms with Gasteiger partial charge in [0, 0.05) is 12.0 Å². The SMILES string of the molecule is CC(C)n1cnnc1C1CCCc2ccccc21. The van der Waals surface area contributed by atoms with Crippen LogP contribution in [-0.2, 0) is 6.42 Å². The number of hydrogen-bond acceptors (Lipinski definition) is 2. The third kappa shape index (κ3) is 1.84. The molecule has 1 atom stereocenters. The van der Waals surface area contributed by atoms with Crippen LogP contribution >= 0.6 is 0 Å². The fourth-order valence-corrected chi connectivity index (χ4v) is 2.92. The molecule has 1 heterocycles. The third-order valence-corrected chi connectivity index (χ3v) is 3.84. The lowest BCUT2D eigenvalue weighted by molar-refractivity contribution is 0.514. The molecule has 0 saturated carbocycles. The maximum Gasteiger partial charge on any atom is 0.140 e. The Morgan fingerprint density at radius 2 is 2.11 bits per heavy atom. The molecule has 18 heavy (non-hydrogen) atoms. The molecular formula is C15H19N3. The second-order valence-corrected chi connectivity index (χ2v) is 5.33. The third-order valence-electron chi connectivity index (χ3n) is 3.84. The minimum absolute atomic E-state index is 0.417. The van der Waals surface area contributed by atoms with Crippen molar-refractivity contribution in [2.45, 2.75) is 45.1 Å². The molecule has 3 rings (SSSR count). The molecular weight excluding hydrogens is 222 g/mol. The zero-order chi connectivity index (χ0) is 12.5. The van der Waals surface area contributed by atoms with Gasteiger partial charge in [-0.2, -0.15) is 0 Å². The van der Waals surface area contributed by atoms with Gasteiger partial charge in [0.05, 0.1) is 0 Å². The minimum atomic E-state index is 0.417. The molecule has 94 valence electrons. The zero-order valence-corrected chi connectivity index (χ0v) is 11.0.